The number of fused-ring (bicyclic) bond motifs is 1. The van der Waals surface area contributed by atoms with Gasteiger partial charge in [0.1, 0.15) is 0 Å². The number of hydrogen-bond acceptors (Lipinski definition) is 4. The van der Waals surface area contributed by atoms with Gasteiger partial charge in [-0.15, -0.1) is 0 Å². The van der Waals surface area contributed by atoms with Crippen LogP contribution in [0.3, 0.4) is 0 Å². The molecule has 0 unspecified atom stereocenters. The minimum absolute atomic E-state index is 0.263. The van der Waals surface area contributed by atoms with Gasteiger partial charge in [0.2, 0.25) is 0 Å². The van der Waals surface area contributed by atoms with Crippen LogP contribution in [0.25, 0.3) is 22.2 Å². The van der Waals surface area contributed by atoms with Crippen molar-refractivity contribution >= 4 is 23.0 Å². The van der Waals surface area contributed by atoms with Crippen LogP contribution in [-0.2, 0) is 13.7 Å². The van der Waals surface area contributed by atoms with Crippen molar-refractivity contribution in [1.29, 1.82) is 0 Å². The zero-order chi connectivity index (χ0) is 25.2. The second-order valence-corrected chi connectivity index (χ2v) is 10.1. The molecule has 0 bridgehead atoms. The van der Waals surface area contributed by atoms with Gasteiger partial charge in [-0.25, -0.2) is 4.68 Å². The zero-order valence-corrected chi connectivity index (χ0v) is 21.9. The van der Waals surface area contributed by atoms with E-state index in [2.05, 4.69) is 113 Å². The Bertz CT molecular complexity index is 1500. The van der Waals surface area contributed by atoms with E-state index >= 15 is 0 Å². The van der Waals surface area contributed by atoms with Gasteiger partial charge in [-0.2, -0.15) is 5.10 Å². The van der Waals surface area contributed by atoms with Crippen LogP contribution >= 0.6 is 12.2 Å². The Morgan fingerprint density at radius 3 is 2.00 bits per heavy atom. The maximum absolute atomic E-state index is 5.82. The molecule has 1 aromatic heterocycles. The third kappa shape index (κ3) is 4.76. The van der Waals surface area contributed by atoms with Crippen LogP contribution in [0.4, 0.5) is 0 Å². The second kappa shape index (κ2) is 10.4. The lowest BCUT2D eigenvalue weighted by Gasteiger charge is -2.39. The Morgan fingerprint density at radius 2 is 1.32 bits per heavy atom. The van der Waals surface area contributed by atoms with Gasteiger partial charge in [0.25, 0.3) is 0 Å². The van der Waals surface area contributed by atoms with Crippen molar-refractivity contribution in [3.05, 3.63) is 119 Å². The summed E-state index contributed by atoms with van der Waals surface area (Å²) in [4.78, 5) is 5.06. The van der Waals surface area contributed by atoms with Crippen molar-refractivity contribution in [3.8, 4) is 11.4 Å². The highest BCUT2D eigenvalue weighted by molar-refractivity contribution is 7.71. The number of piperazine rings is 1. The Labute approximate surface area is 223 Å². The van der Waals surface area contributed by atoms with Gasteiger partial charge in [-0.1, -0.05) is 103 Å². The minimum Gasteiger partial charge on any atom is -0.303 e. The SMILES string of the molecule is Cn1c(-c2cccc3ccccc23)nn(CN2CCN(C(c3ccccc3)c3ccccc3)CC2)c1=S. The summed E-state index contributed by atoms with van der Waals surface area (Å²) in [5.41, 5.74) is 3.80. The van der Waals surface area contributed by atoms with Crippen LogP contribution in [0.5, 0.6) is 0 Å². The summed E-state index contributed by atoms with van der Waals surface area (Å²) in [6, 6.07) is 36.8. The molecule has 0 amide bonds. The number of nitrogens with zero attached hydrogens (tertiary/aromatic N) is 5. The first-order valence-electron chi connectivity index (χ1n) is 12.9. The van der Waals surface area contributed by atoms with Gasteiger partial charge >= 0.3 is 0 Å². The number of hydrogen-bond donors (Lipinski definition) is 0. The zero-order valence-electron chi connectivity index (χ0n) is 21.1. The van der Waals surface area contributed by atoms with E-state index < -0.39 is 0 Å². The van der Waals surface area contributed by atoms with Crippen LogP contribution in [0.1, 0.15) is 17.2 Å². The predicted octanol–water partition coefficient (Wildman–Crippen LogP) is 6.14. The quantitative estimate of drug-likeness (QED) is 0.259. The fourth-order valence-electron chi connectivity index (χ4n) is 5.47. The van der Waals surface area contributed by atoms with Crippen LogP contribution in [0.15, 0.2) is 103 Å². The third-order valence-corrected chi connectivity index (χ3v) is 7.89. The van der Waals surface area contributed by atoms with Crippen LogP contribution in [-0.4, -0.2) is 50.3 Å². The van der Waals surface area contributed by atoms with Crippen molar-refractivity contribution < 1.29 is 0 Å². The summed E-state index contributed by atoms with van der Waals surface area (Å²) in [7, 11) is 2.02. The highest BCUT2D eigenvalue weighted by Gasteiger charge is 2.27. The first-order valence-corrected chi connectivity index (χ1v) is 13.3. The molecule has 4 aromatic carbocycles. The van der Waals surface area contributed by atoms with Gasteiger partial charge in [-0.3, -0.25) is 9.80 Å². The molecule has 1 aliphatic rings. The van der Waals surface area contributed by atoms with E-state index in [1.165, 1.54) is 21.9 Å². The molecule has 0 atom stereocenters. The lowest BCUT2D eigenvalue weighted by atomic mass is 9.96. The molecule has 1 aliphatic heterocycles. The van der Waals surface area contributed by atoms with E-state index in [-0.39, 0.29) is 6.04 Å². The highest BCUT2D eigenvalue weighted by atomic mass is 32.1. The normalized spacial score (nSPS) is 15.0. The summed E-state index contributed by atoms with van der Waals surface area (Å²) < 4.78 is 4.76. The molecule has 0 radical (unpaired) electrons. The maximum atomic E-state index is 5.82. The molecule has 5 nitrogen and oxygen atoms in total. The molecule has 0 N–H and O–H groups in total. The lowest BCUT2D eigenvalue weighted by molar-refractivity contribution is 0.0844. The van der Waals surface area contributed by atoms with Gasteiger partial charge in [-0.05, 0) is 34.1 Å². The Hall–Kier alpha value is -3.58. The Morgan fingerprint density at radius 1 is 0.730 bits per heavy atom. The molecule has 2 heterocycles. The Kier molecular flexibility index (Phi) is 6.70. The molecule has 6 heteroatoms. The fraction of sp³-hybridized carbons (Fsp3) is 0.226. The standard InChI is InChI=1S/C31H31N5S/c1-33-30(28-18-10-16-24-11-8-9-17-27(24)28)32-36(31(33)37)23-34-19-21-35(22-20-34)29(25-12-4-2-5-13-25)26-14-6-3-7-15-26/h2-18,29H,19-23H2,1H3. The molecule has 0 saturated carbocycles. The van der Waals surface area contributed by atoms with E-state index in [9.17, 15) is 0 Å². The van der Waals surface area contributed by atoms with Crippen molar-refractivity contribution in [1.82, 2.24) is 24.1 Å². The lowest BCUT2D eigenvalue weighted by Crippen LogP contribution is -2.48. The highest BCUT2D eigenvalue weighted by Crippen LogP contribution is 2.30. The maximum Gasteiger partial charge on any atom is 0.199 e. The molecule has 6 rings (SSSR count). The molecule has 0 aliphatic carbocycles. The van der Waals surface area contributed by atoms with Crippen LogP contribution < -0.4 is 0 Å². The molecule has 37 heavy (non-hydrogen) atoms. The van der Waals surface area contributed by atoms with E-state index in [1.54, 1.807) is 0 Å². The molecule has 1 fully saturated rings. The largest absolute Gasteiger partial charge is 0.303 e. The van der Waals surface area contributed by atoms with Crippen molar-refractivity contribution in [2.45, 2.75) is 12.7 Å². The average Bonchev–Trinajstić information content (AvgIpc) is 3.23. The summed E-state index contributed by atoms with van der Waals surface area (Å²) >= 11 is 5.82. The van der Waals surface area contributed by atoms with E-state index in [1.807, 2.05) is 16.3 Å². The molecule has 1 saturated heterocycles. The number of rotatable bonds is 6. The summed E-state index contributed by atoms with van der Waals surface area (Å²) in [6.07, 6.45) is 0. The molecular formula is C31H31N5S. The monoisotopic (exact) mass is 505 g/mol. The van der Waals surface area contributed by atoms with E-state index in [0.29, 0.717) is 6.67 Å². The van der Waals surface area contributed by atoms with E-state index in [4.69, 9.17) is 17.3 Å². The van der Waals surface area contributed by atoms with Crippen LogP contribution in [0, 0.1) is 4.77 Å². The molecular weight excluding hydrogens is 474 g/mol. The predicted molar refractivity (Wildman–Crippen MR) is 153 cm³/mol. The van der Waals surface area contributed by atoms with Gasteiger partial charge in [0.15, 0.2) is 10.6 Å². The first-order chi connectivity index (χ1) is 18.2. The van der Waals surface area contributed by atoms with Gasteiger partial charge < -0.3 is 4.57 Å². The smallest absolute Gasteiger partial charge is 0.199 e. The number of aromatic nitrogens is 3. The molecule has 186 valence electrons. The second-order valence-electron chi connectivity index (χ2n) is 9.71. The Balaban J connectivity index is 1.21. The van der Waals surface area contributed by atoms with Gasteiger partial charge in [0, 0.05) is 38.8 Å². The summed E-state index contributed by atoms with van der Waals surface area (Å²) in [6.45, 7) is 4.62. The summed E-state index contributed by atoms with van der Waals surface area (Å²) in [5, 5.41) is 7.40. The molecule has 5 aromatic rings. The first kappa shape index (κ1) is 23.8. The van der Waals surface area contributed by atoms with Crippen molar-refractivity contribution in [2.24, 2.45) is 7.05 Å². The minimum atomic E-state index is 0.263. The third-order valence-electron chi connectivity index (χ3n) is 7.41. The van der Waals surface area contributed by atoms with E-state index in [0.717, 1.165) is 42.3 Å². The van der Waals surface area contributed by atoms with Gasteiger partial charge in [0.05, 0.1) is 12.7 Å². The fourth-order valence-corrected chi connectivity index (χ4v) is 5.66. The topological polar surface area (TPSA) is 29.2 Å². The number of benzene rings is 4. The van der Waals surface area contributed by atoms with Crippen molar-refractivity contribution in [3.63, 3.8) is 0 Å². The average molecular weight is 506 g/mol. The molecule has 0 spiro atoms. The van der Waals surface area contributed by atoms with Crippen molar-refractivity contribution in [2.75, 3.05) is 26.2 Å². The van der Waals surface area contributed by atoms with Crippen LogP contribution in [0.2, 0.25) is 0 Å². The summed E-state index contributed by atoms with van der Waals surface area (Å²) in [5.74, 6) is 0.911.